The first-order valence-electron chi connectivity index (χ1n) is 6.30. The van der Waals surface area contributed by atoms with Gasteiger partial charge in [-0.15, -0.1) is 0 Å². The van der Waals surface area contributed by atoms with Gasteiger partial charge >= 0.3 is 6.09 Å². The Morgan fingerprint density at radius 3 is 2.57 bits per heavy atom. The van der Waals surface area contributed by atoms with Crippen LogP contribution in [0.1, 0.15) is 0 Å². The van der Waals surface area contributed by atoms with Gasteiger partial charge < -0.3 is 9.72 Å². The fourth-order valence-electron chi connectivity index (χ4n) is 2.04. The summed E-state index contributed by atoms with van der Waals surface area (Å²) in [6.07, 6.45) is -0.641. The number of H-pyrrole nitrogens is 1. The van der Waals surface area contributed by atoms with Crippen LogP contribution in [0.5, 0.6) is 5.88 Å². The number of fused-ring (bicyclic) bond motifs is 1. The van der Waals surface area contributed by atoms with Crippen LogP contribution in [0, 0.1) is 5.53 Å². The van der Waals surface area contributed by atoms with E-state index in [0.717, 1.165) is 10.9 Å². The Labute approximate surface area is 120 Å². The van der Waals surface area contributed by atoms with Gasteiger partial charge in [-0.2, -0.15) is 5.11 Å². The predicted octanol–water partition coefficient (Wildman–Crippen LogP) is 4.44. The van der Waals surface area contributed by atoms with Gasteiger partial charge in [-0.05, 0) is 18.2 Å². The number of aromatic nitrogens is 1. The van der Waals surface area contributed by atoms with E-state index in [1.807, 2.05) is 36.4 Å². The van der Waals surface area contributed by atoms with Crippen LogP contribution in [-0.4, -0.2) is 11.1 Å². The smallest absolute Gasteiger partial charge is 0.391 e. The predicted molar refractivity (Wildman–Crippen MR) is 79.2 cm³/mol. The van der Waals surface area contributed by atoms with Crippen molar-refractivity contribution in [3.8, 4) is 5.88 Å². The summed E-state index contributed by atoms with van der Waals surface area (Å²) < 4.78 is 5.21. The first kappa shape index (κ1) is 12.9. The van der Waals surface area contributed by atoms with Gasteiger partial charge in [0.15, 0.2) is 5.69 Å². The second-order valence-electron chi connectivity index (χ2n) is 4.34. The lowest BCUT2D eigenvalue weighted by Crippen LogP contribution is -2.16. The molecule has 3 rings (SSSR count). The fraction of sp³-hybridized carbons (Fsp3) is 0. The minimum Gasteiger partial charge on any atom is -0.391 e. The van der Waals surface area contributed by atoms with E-state index in [0.29, 0.717) is 11.4 Å². The zero-order valence-electron chi connectivity index (χ0n) is 11.0. The van der Waals surface area contributed by atoms with Gasteiger partial charge in [0.05, 0.1) is 5.52 Å². The Hall–Kier alpha value is -3.15. The number of hydrogen-bond donors (Lipinski definition) is 3. The van der Waals surface area contributed by atoms with Gasteiger partial charge in [-0.1, -0.05) is 36.4 Å². The van der Waals surface area contributed by atoms with Gasteiger partial charge in [0.2, 0.25) is 5.88 Å². The number of anilines is 1. The number of carbonyl (C=O) groups excluding carboxylic acids is 1. The molecule has 21 heavy (non-hydrogen) atoms. The number of benzene rings is 2. The minimum atomic E-state index is -0.641. The summed E-state index contributed by atoms with van der Waals surface area (Å²) in [5, 5.41) is 6.77. The maximum atomic E-state index is 11.9. The molecule has 0 aliphatic carbocycles. The zero-order chi connectivity index (χ0) is 14.7. The van der Waals surface area contributed by atoms with Crippen molar-refractivity contribution in [3.05, 3.63) is 54.6 Å². The summed E-state index contributed by atoms with van der Waals surface area (Å²) >= 11 is 0. The Morgan fingerprint density at radius 1 is 1.10 bits per heavy atom. The fourth-order valence-corrected chi connectivity index (χ4v) is 2.04. The van der Waals surface area contributed by atoms with E-state index in [4.69, 9.17) is 10.3 Å². The number of para-hydroxylation sites is 2. The van der Waals surface area contributed by atoms with Gasteiger partial charge in [0.1, 0.15) is 0 Å². The number of amides is 1. The largest absolute Gasteiger partial charge is 0.418 e. The van der Waals surface area contributed by atoms with Crippen LogP contribution in [0.15, 0.2) is 59.7 Å². The first-order chi connectivity index (χ1) is 10.3. The molecule has 104 valence electrons. The number of ether oxygens (including phenoxy) is 1. The third-order valence-corrected chi connectivity index (χ3v) is 2.97. The molecule has 3 aromatic rings. The lowest BCUT2D eigenvalue weighted by Gasteiger charge is -2.05. The third-order valence-electron chi connectivity index (χ3n) is 2.97. The first-order valence-corrected chi connectivity index (χ1v) is 6.30. The third kappa shape index (κ3) is 2.59. The van der Waals surface area contributed by atoms with Crippen LogP contribution in [0.2, 0.25) is 0 Å². The van der Waals surface area contributed by atoms with Gasteiger partial charge in [-0.3, -0.25) is 5.32 Å². The van der Waals surface area contributed by atoms with Crippen LogP contribution in [-0.2, 0) is 0 Å². The Bertz CT molecular complexity index is 796. The monoisotopic (exact) mass is 280 g/mol. The molecule has 6 heteroatoms. The summed E-state index contributed by atoms with van der Waals surface area (Å²) in [5.41, 5.74) is 8.93. The normalized spacial score (nSPS) is 10.3. The molecule has 0 aliphatic heterocycles. The van der Waals surface area contributed by atoms with Gasteiger partial charge in [-0.25, -0.2) is 10.3 Å². The molecule has 0 atom stereocenters. The number of nitrogens with one attached hydrogen (secondary N) is 3. The van der Waals surface area contributed by atoms with Crippen LogP contribution < -0.4 is 10.1 Å². The van der Waals surface area contributed by atoms with Crippen molar-refractivity contribution in [1.82, 2.24) is 4.98 Å². The number of carbonyl (C=O) groups is 1. The van der Waals surface area contributed by atoms with Crippen molar-refractivity contribution in [2.45, 2.75) is 0 Å². The minimum absolute atomic E-state index is 0.152. The molecule has 6 nitrogen and oxygen atoms in total. The van der Waals surface area contributed by atoms with Crippen LogP contribution in [0.4, 0.5) is 16.2 Å². The second-order valence-corrected chi connectivity index (χ2v) is 4.34. The van der Waals surface area contributed by atoms with E-state index in [-0.39, 0.29) is 5.88 Å². The van der Waals surface area contributed by atoms with Crippen LogP contribution >= 0.6 is 0 Å². The molecular weight excluding hydrogens is 268 g/mol. The highest BCUT2D eigenvalue weighted by atomic mass is 16.6. The van der Waals surface area contributed by atoms with Crippen LogP contribution in [0.25, 0.3) is 10.9 Å². The lowest BCUT2D eigenvalue weighted by atomic mass is 10.2. The molecule has 1 aromatic heterocycles. The van der Waals surface area contributed by atoms with Crippen LogP contribution in [0.3, 0.4) is 0 Å². The molecule has 0 fully saturated rings. The molecule has 1 heterocycles. The van der Waals surface area contributed by atoms with Gasteiger partial charge in [0.25, 0.3) is 0 Å². The highest BCUT2D eigenvalue weighted by Crippen LogP contribution is 2.35. The Balaban J connectivity index is 1.84. The molecule has 0 saturated carbocycles. The molecule has 0 aliphatic rings. The van der Waals surface area contributed by atoms with E-state index in [9.17, 15) is 4.79 Å². The summed E-state index contributed by atoms with van der Waals surface area (Å²) in [5.74, 6) is 0.152. The Morgan fingerprint density at radius 2 is 1.81 bits per heavy atom. The molecule has 2 aromatic carbocycles. The van der Waals surface area contributed by atoms with Crippen molar-refractivity contribution in [1.29, 1.82) is 5.53 Å². The van der Waals surface area contributed by atoms with E-state index in [1.54, 1.807) is 18.2 Å². The molecule has 0 spiro atoms. The Kier molecular flexibility index (Phi) is 3.34. The molecule has 3 N–H and O–H groups in total. The zero-order valence-corrected chi connectivity index (χ0v) is 11.0. The van der Waals surface area contributed by atoms with Crippen molar-refractivity contribution in [2.75, 3.05) is 5.32 Å². The van der Waals surface area contributed by atoms with Gasteiger partial charge in [0, 0.05) is 11.1 Å². The van der Waals surface area contributed by atoms with E-state index in [1.165, 1.54) is 0 Å². The summed E-state index contributed by atoms with van der Waals surface area (Å²) in [6.45, 7) is 0. The average molecular weight is 280 g/mol. The maximum absolute atomic E-state index is 11.9. The highest BCUT2D eigenvalue weighted by molar-refractivity contribution is 5.96. The standard InChI is InChI=1S/C15H12N4O2/c16-19-13-11-8-4-5-9-12(11)18-14(13)21-15(20)17-10-6-2-1-3-7-10/h1-9,16,18H,(H,17,20). The van der Waals surface area contributed by atoms with Crippen molar-refractivity contribution >= 4 is 28.4 Å². The van der Waals surface area contributed by atoms with Crippen molar-refractivity contribution < 1.29 is 9.53 Å². The number of hydrogen-bond acceptors (Lipinski definition) is 4. The summed E-state index contributed by atoms with van der Waals surface area (Å²) in [4.78, 5) is 14.8. The molecular formula is C15H12N4O2. The number of rotatable bonds is 3. The lowest BCUT2D eigenvalue weighted by molar-refractivity contribution is 0.214. The number of nitrogens with zero attached hydrogens (tertiary/aromatic N) is 1. The summed E-state index contributed by atoms with van der Waals surface area (Å²) in [7, 11) is 0. The second kappa shape index (κ2) is 5.46. The maximum Gasteiger partial charge on any atom is 0.418 e. The van der Waals surface area contributed by atoms with E-state index in [2.05, 4.69) is 15.4 Å². The molecule has 0 bridgehead atoms. The topological polar surface area (TPSA) is 90.3 Å². The van der Waals surface area contributed by atoms with E-state index >= 15 is 0 Å². The highest BCUT2D eigenvalue weighted by Gasteiger charge is 2.15. The van der Waals surface area contributed by atoms with Crippen molar-refractivity contribution in [3.63, 3.8) is 0 Å². The van der Waals surface area contributed by atoms with E-state index < -0.39 is 6.09 Å². The SMILES string of the molecule is N=Nc1c(OC(=O)Nc2ccccc2)[nH]c2ccccc12. The van der Waals surface area contributed by atoms with Crippen molar-refractivity contribution in [2.24, 2.45) is 5.11 Å². The number of aromatic amines is 1. The quantitative estimate of drug-likeness (QED) is 0.619. The molecule has 0 radical (unpaired) electrons. The molecule has 0 unspecified atom stereocenters. The average Bonchev–Trinajstić information content (AvgIpc) is 2.85. The molecule has 0 saturated heterocycles. The summed E-state index contributed by atoms with van der Waals surface area (Å²) in [6, 6.07) is 16.3. The molecule has 1 amide bonds.